The van der Waals surface area contributed by atoms with E-state index in [0.29, 0.717) is 11.1 Å². The van der Waals surface area contributed by atoms with Crippen LogP contribution in [0.2, 0.25) is 0 Å². The molecule has 0 spiro atoms. The molecule has 2 aromatic rings. The summed E-state index contributed by atoms with van der Waals surface area (Å²) < 4.78 is 11.3. The number of hydrogen-bond donors (Lipinski definition) is 0. The fourth-order valence-electron chi connectivity index (χ4n) is 1.54. The highest BCUT2D eigenvalue weighted by Gasteiger charge is 2.11. The third-order valence-electron chi connectivity index (χ3n) is 2.50. The summed E-state index contributed by atoms with van der Waals surface area (Å²) in [4.78, 5) is 22.9. The highest BCUT2D eigenvalue weighted by molar-refractivity contribution is 5.86. The van der Waals surface area contributed by atoms with Crippen LogP contribution >= 0.6 is 0 Å². The summed E-state index contributed by atoms with van der Waals surface area (Å²) in [6.45, 7) is 6.73. The van der Waals surface area contributed by atoms with E-state index >= 15 is 0 Å². The molecule has 0 bridgehead atoms. The van der Waals surface area contributed by atoms with Crippen molar-refractivity contribution in [2.45, 2.75) is 20.6 Å². The van der Waals surface area contributed by atoms with Gasteiger partial charge in [-0.05, 0) is 31.5 Å². The summed E-state index contributed by atoms with van der Waals surface area (Å²) >= 11 is 0. The van der Waals surface area contributed by atoms with Crippen LogP contribution in [0.4, 0.5) is 0 Å². The van der Waals surface area contributed by atoms with E-state index in [1.807, 2.05) is 13.0 Å². The van der Waals surface area contributed by atoms with Crippen molar-refractivity contribution in [1.29, 1.82) is 0 Å². The molecule has 0 N–H and O–H groups in total. The number of carbonyl (C=O) groups is 1. The number of rotatable bonds is 3. The maximum Gasteiger partial charge on any atom is 0.422 e. The monoisotopic (exact) mass is 247 g/mol. The van der Waals surface area contributed by atoms with Crippen molar-refractivity contribution in [2.24, 2.45) is 0 Å². The van der Waals surface area contributed by atoms with Gasteiger partial charge in [-0.1, -0.05) is 12.6 Å². The Labute approximate surface area is 103 Å². The lowest BCUT2D eigenvalue weighted by Crippen LogP contribution is -2.18. The summed E-state index contributed by atoms with van der Waals surface area (Å²) in [7, 11) is 0. The maximum atomic E-state index is 11.6. The van der Waals surface area contributed by atoms with E-state index < -0.39 is 11.7 Å². The van der Waals surface area contributed by atoms with Crippen molar-refractivity contribution in [3.63, 3.8) is 0 Å². The van der Waals surface area contributed by atoms with Gasteiger partial charge in [-0.15, -0.1) is 0 Å². The van der Waals surface area contributed by atoms with Crippen LogP contribution in [0.3, 0.4) is 0 Å². The van der Waals surface area contributed by atoms with Gasteiger partial charge in [0.1, 0.15) is 0 Å². The Morgan fingerprint density at radius 2 is 2.22 bits per heavy atom. The fourth-order valence-corrected chi connectivity index (χ4v) is 1.54. The van der Waals surface area contributed by atoms with E-state index in [1.54, 1.807) is 19.1 Å². The number of ether oxygens (including phenoxy) is 1. The van der Waals surface area contributed by atoms with Crippen LogP contribution in [0.1, 0.15) is 12.5 Å². The molecule has 0 saturated heterocycles. The van der Waals surface area contributed by atoms with Crippen molar-refractivity contribution in [3.8, 4) is 0 Å². The smallest absolute Gasteiger partial charge is 0.422 e. The minimum Gasteiger partial charge on any atom is -0.440 e. The zero-order chi connectivity index (χ0) is 13.3. The van der Waals surface area contributed by atoms with Crippen molar-refractivity contribution >= 4 is 17.1 Å². The van der Waals surface area contributed by atoms with E-state index in [-0.39, 0.29) is 12.3 Å². The van der Waals surface area contributed by atoms with Crippen molar-refractivity contribution < 1.29 is 13.9 Å². The molecule has 2 rings (SSSR count). The summed E-state index contributed by atoms with van der Waals surface area (Å²) in [5, 5.41) is 0. The Morgan fingerprint density at radius 1 is 1.50 bits per heavy atom. The molecule has 5 heteroatoms. The molecule has 0 radical (unpaired) electrons. The standard InChI is InChI=1S/C13H13NO4/c1-8(2)12(15)17-7-14-10-5-4-9(3)6-11(10)18-13(14)16/h4-6H,1,7H2,2-3H3. The second-order valence-electron chi connectivity index (χ2n) is 4.11. The second-order valence-corrected chi connectivity index (χ2v) is 4.11. The minimum atomic E-state index is -0.551. The van der Waals surface area contributed by atoms with Gasteiger partial charge in [0.2, 0.25) is 0 Å². The molecule has 5 nitrogen and oxygen atoms in total. The number of aryl methyl sites for hydroxylation is 1. The summed E-state index contributed by atoms with van der Waals surface area (Å²) in [5.74, 6) is -1.09. The first-order valence-corrected chi connectivity index (χ1v) is 5.41. The number of esters is 1. The topological polar surface area (TPSA) is 61.4 Å². The van der Waals surface area contributed by atoms with Crippen molar-refractivity contribution in [3.05, 3.63) is 46.5 Å². The van der Waals surface area contributed by atoms with Crippen LogP contribution in [0.15, 0.2) is 39.6 Å². The van der Waals surface area contributed by atoms with Crippen LogP contribution in [0.25, 0.3) is 11.1 Å². The highest BCUT2D eigenvalue weighted by Crippen LogP contribution is 2.14. The molecule has 0 aliphatic heterocycles. The van der Waals surface area contributed by atoms with Gasteiger partial charge in [0.15, 0.2) is 12.3 Å². The lowest BCUT2D eigenvalue weighted by atomic mass is 10.2. The highest BCUT2D eigenvalue weighted by atomic mass is 16.5. The number of nitrogens with zero attached hydrogens (tertiary/aromatic N) is 1. The zero-order valence-electron chi connectivity index (χ0n) is 10.2. The maximum absolute atomic E-state index is 11.6. The van der Waals surface area contributed by atoms with Gasteiger partial charge in [0.05, 0.1) is 5.52 Å². The van der Waals surface area contributed by atoms with E-state index in [0.717, 1.165) is 5.56 Å². The number of fused-ring (bicyclic) bond motifs is 1. The molecule has 18 heavy (non-hydrogen) atoms. The fraction of sp³-hybridized carbons (Fsp3) is 0.231. The second kappa shape index (κ2) is 4.52. The molecule has 1 aromatic heterocycles. The molecule has 94 valence electrons. The average molecular weight is 247 g/mol. The molecular formula is C13H13NO4. The Morgan fingerprint density at radius 3 is 2.89 bits per heavy atom. The molecule has 1 heterocycles. The summed E-state index contributed by atoms with van der Waals surface area (Å²) in [6, 6.07) is 5.37. The Hall–Kier alpha value is -2.30. The first kappa shape index (κ1) is 12.2. The molecular weight excluding hydrogens is 234 g/mol. The first-order chi connectivity index (χ1) is 8.49. The third kappa shape index (κ3) is 2.20. The Bertz CT molecular complexity index is 678. The normalized spacial score (nSPS) is 10.6. The van der Waals surface area contributed by atoms with Gasteiger partial charge in [0, 0.05) is 5.57 Å². The quantitative estimate of drug-likeness (QED) is 0.614. The summed E-state index contributed by atoms with van der Waals surface area (Å²) in [6.07, 6.45) is 0. The van der Waals surface area contributed by atoms with Crippen LogP contribution < -0.4 is 5.76 Å². The number of carbonyl (C=O) groups excluding carboxylic acids is 1. The van der Waals surface area contributed by atoms with Gasteiger partial charge in [0.25, 0.3) is 0 Å². The van der Waals surface area contributed by atoms with Gasteiger partial charge in [-0.3, -0.25) is 0 Å². The van der Waals surface area contributed by atoms with Gasteiger partial charge in [-0.2, -0.15) is 0 Å². The van der Waals surface area contributed by atoms with E-state index in [9.17, 15) is 9.59 Å². The van der Waals surface area contributed by atoms with Crippen molar-refractivity contribution in [2.75, 3.05) is 0 Å². The van der Waals surface area contributed by atoms with Gasteiger partial charge >= 0.3 is 11.7 Å². The number of benzene rings is 1. The van der Waals surface area contributed by atoms with E-state index in [2.05, 4.69) is 6.58 Å². The average Bonchev–Trinajstić information content (AvgIpc) is 2.60. The summed E-state index contributed by atoms with van der Waals surface area (Å²) in [5.41, 5.74) is 2.35. The van der Waals surface area contributed by atoms with E-state index in [4.69, 9.17) is 9.15 Å². The Kier molecular flexibility index (Phi) is 3.06. The first-order valence-electron chi connectivity index (χ1n) is 5.41. The number of oxazole rings is 1. The minimum absolute atomic E-state index is 0.180. The predicted molar refractivity (Wildman–Crippen MR) is 66.1 cm³/mol. The molecule has 1 aromatic carbocycles. The van der Waals surface area contributed by atoms with Crippen LogP contribution in [-0.2, 0) is 16.3 Å². The molecule has 0 aliphatic carbocycles. The molecule has 0 atom stereocenters. The largest absolute Gasteiger partial charge is 0.440 e. The molecule has 0 fully saturated rings. The molecule has 0 unspecified atom stereocenters. The van der Waals surface area contributed by atoms with E-state index in [1.165, 1.54) is 4.57 Å². The third-order valence-corrected chi connectivity index (χ3v) is 2.50. The Balaban J connectivity index is 2.33. The molecule has 0 amide bonds. The lowest BCUT2D eigenvalue weighted by molar-refractivity contribution is -0.142. The molecule has 0 aliphatic rings. The lowest BCUT2D eigenvalue weighted by Gasteiger charge is -2.04. The van der Waals surface area contributed by atoms with Crippen LogP contribution in [-0.4, -0.2) is 10.5 Å². The van der Waals surface area contributed by atoms with Crippen molar-refractivity contribution in [1.82, 2.24) is 4.57 Å². The van der Waals surface area contributed by atoms with Gasteiger partial charge < -0.3 is 9.15 Å². The van der Waals surface area contributed by atoms with Crippen LogP contribution in [0.5, 0.6) is 0 Å². The number of aromatic nitrogens is 1. The number of hydrogen-bond acceptors (Lipinski definition) is 4. The predicted octanol–water partition coefficient (Wildman–Crippen LogP) is 1.98. The SMILES string of the molecule is C=C(C)C(=O)OCn1c(=O)oc2cc(C)ccc21. The van der Waals surface area contributed by atoms with Crippen LogP contribution in [0, 0.1) is 6.92 Å². The zero-order valence-corrected chi connectivity index (χ0v) is 10.2. The molecule has 0 saturated carbocycles. The van der Waals surface area contributed by atoms with Gasteiger partial charge in [-0.25, -0.2) is 14.2 Å².